The van der Waals surface area contributed by atoms with Gasteiger partial charge in [0.2, 0.25) is 11.8 Å². The van der Waals surface area contributed by atoms with Gasteiger partial charge in [-0.3, -0.25) is 9.59 Å². The van der Waals surface area contributed by atoms with Crippen molar-refractivity contribution in [2.24, 2.45) is 11.1 Å². The second kappa shape index (κ2) is 7.84. The first-order chi connectivity index (χ1) is 10.6. The molecule has 1 unspecified atom stereocenters. The van der Waals surface area contributed by atoms with Gasteiger partial charge in [-0.05, 0) is 50.5 Å². The summed E-state index contributed by atoms with van der Waals surface area (Å²) in [5.74, 6) is 0.194. The molecule has 3 N–H and O–H groups in total. The average molecular weight is 344 g/mol. The van der Waals surface area contributed by atoms with Gasteiger partial charge in [-0.25, -0.2) is 0 Å². The quantitative estimate of drug-likeness (QED) is 0.801. The van der Waals surface area contributed by atoms with E-state index in [1.54, 1.807) is 0 Å². The molecule has 0 bridgehead atoms. The minimum atomic E-state index is -0.244. The van der Waals surface area contributed by atoms with Gasteiger partial charge in [0.1, 0.15) is 6.04 Å². The van der Waals surface area contributed by atoms with Gasteiger partial charge in [-0.1, -0.05) is 19.3 Å². The third-order valence-corrected chi connectivity index (χ3v) is 5.67. The second-order valence-electron chi connectivity index (χ2n) is 7.47. The molecule has 0 spiro atoms. The number of carbonyl (C=O) groups is 2. The second-order valence-corrected chi connectivity index (χ2v) is 7.47. The molecule has 0 radical (unpaired) electrons. The van der Waals surface area contributed by atoms with Crippen LogP contribution in [0.15, 0.2) is 0 Å². The Bertz CT molecular complexity index is 434. The first-order valence-corrected chi connectivity index (χ1v) is 8.93. The molecule has 3 rings (SSSR count). The van der Waals surface area contributed by atoms with Gasteiger partial charge in [-0.2, -0.15) is 0 Å². The third-order valence-electron chi connectivity index (χ3n) is 5.67. The van der Waals surface area contributed by atoms with E-state index in [0.29, 0.717) is 19.0 Å². The van der Waals surface area contributed by atoms with Crippen molar-refractivity contribution in [3.05, 3.63) is 0 Å². The van der Waals surface area contributed by atoms with Crippen LogP contribution < -0.4 is 11.1 Å². The van der Waals surface area contributed by atoms with Gasteiger partial charge >= 0.3 is 0 Å². The lowest BCUT2D eigenvalue weighted by Crippen LogP contribution is -2.48. The number of hydrogen-bond donors (Lipinski definition) is 2. The summed E-state index contributed by atoms with van der Waals surface area (Å²) >= 11 is 0. The molecule has 23 heavy (non-hydrogen) atoms. The minimum Gasteiger partial charge on any atom is -0.352 e. The predicted molar refractivity (Wildman–Crippen MR) is 92.3 cm³/mol. The van der Waals surface area contributed by atoms with E-state index in [1.807, 2.05) is 4.90 Å². The number of nitrogens with zero attached hydrogens (tertiary/aromatic N) is 1. The van der Waals surface area contributed by atoms with Gasteiger partial charge in [0.05, 0.1) is 0 Å². The first kappa shape index (κ1) is 18.5. The van der Waals surface area contributed by atoms with Gasteiger partial charge in [0.15, 0.2) is 0 Å². The fraction of sp³-hybridized carbons (Fsp3) is 0.882. The average Bonchev–Trinajstić information content (AvgIpc) is 3.19. The molecule has 1 atom stereocenters. The topological polar surface area (TPSA) is 75.4 Å². The van der Waals surface area contributed by atoms with E-state index >= 15 is 0 Å². The van der Waals surface area contributed by atoms with Gasteiger partial charge in [0.25, 0.3) is 0 Å². The van der Waals surface area contributed by atoms with E-state index in [4.69, 9.17) is 5.73 Å². The Kier molecular flexibility index (Phi) is 6.32. The molecule has 1 aliphatic heterocycles. The van der Waals surface area contributed by atoms with Crippen LogP contribution in [0, 0.1) is 5.41 Å². The van der Waals surface area contributed by atoms with Crippen LogP contribution in [-0.4, -0.2) is 41.9 Å². The fourth-order valence-electron chi connectivity index (χ4n) is 4.04. The zero-order valence-electron chi connectivity index (χ0n) is 13.9. The molecular formula is C17H30ClN3O2. The normalized spacial score (nSPS) is 26.5. The van der Waals surface area contributed by atoms with E-state index in [2.05, 4.69) is 5.32 Å². The van der Waals surface area contributed by atoms with E-state index in [-0.39, 0.29) is 35.7 Å². The van der Waals surface area contributed by atoms with E-state index in [1.165, 1.54) is 19.3 Å². The van der Waals surface area contributed by atoms with Gasteiger partial charge in [0, 0.05) is 19.0 Å². The zero-order chi connectivity index (χ0) is 15.6. The maximum atomic E-state index is 12.8. The predicted octanol–water partition coefficient (Wildman–Crippen LogP) is 1.98. The molecule has 6 heteroatoms. The molecule has 2 saturated carbocycles. The van der Waals surface area contributed by atoms with Crippen LogP contribution in [0.5, 0.6) is 0 Å². The molecule has 0 aromatic heterocycles. The van der Waals surface area contributed by atoms with Crippen LogP contribution in [0.25, 0.3) is 0 Å². The third kappa shape index (κ3) is 4.38. The monoisotopic (exact) mass is 343 g/mol. The Labute approximate surface area is 145 Å². The number of amides is 2. The summed E-state index contributed by atoms with van der Waals surface area (Å²) in [6.45, 7) is 1.31. The molecule has 3 fully saturated rings. The molecule has 5 nitrogen and oxygen atoms in total. The number of halogens is 1. The van der Waals surface area contributed by atoms with Crippen molar-refractivity contribution in [2.75, 3.05) is 13.1 Å². The van der Waals surface area contributed by atoms with E-state index < -0.39 is 0 Å². The summed E-state index contributed by atoms with van der Waals surface area (Å²) in [6, 6.07) is 0.116. The lowest BCUT2D eigenvalue weighted by molar-refractivity contribution is -0.140. The highest BCUT2D eigenvalue weighted by Crippen LogP contribution is 2.39. The summed E-state index contributed by atoms with van der Waals surface area (Å²) in [4.78, 5) is 26.9. The molecular weight excluding hydrogens is 314 g/mol. The summed E-state index contributed by atoms with van der Waals surface area (Å²) in [5.41, 5.74) is 5.99. The van der Waals surface area contributed by atoms with E-state index in [0.717, 1.165) is 45.1 Å². The Morgan fingerprint density at radius 2 is 1.78 bits per heavy atom. The van der Waals surface area contributed by atoms with Crippen molar-refractivity contribution >= 4 is 24.2 Å². The number of likely N-dealkylation sites (tertiary alicyclic amines) is 1. The van der Waals surface area contributed by atoms with Gasteiger partial charge < -0.3 is 16.0 Å². The molecule has 0 aromatic rings. The van der Waals surface area contributed by atoms with Crippen LogP contribution in [-0.2, 0) is 9.59 Å². The van der Waals surface area contributed by atoms with Crippen molar-refractivity contribution in [2.45, 2.75) is 76.3 Å². The smallest absolute Gasteiger partial charge is 0.243 e. The van der Waals surface area contributed by atoms with E-state index in [9.17, 15) is 9.59 Å². The fourth-order valence-corrected chi connectivity index (χ4v) is 4.04. The van der Waals surface area contributed by atoms with Crippen LogP contribution in [0.2, 0.25) is 0 Å². The Hall–Kier alpha value is -0.810. The first-order valence-electron chi connectivity index (χ1n) is 8.93. The Balaban J connectivity index is 0.00000192. The van der Waals surface area contributed by atoms with Crippen molar-refractivity contribution in [1.29, 1.82) is 0 Å². The highest BCUT2D eigenvalue weighted by Gasteiger charge is 2.40. The lowest BCUT2D eigenvalue weighted by atomic mass is 9.71. The Morgan fingerprint density at radius 3 is 2.39 bits per heavy atom. The molecule has 0 aromatic carbocycles. The molecule has 1 saturated heterocycles. The number of hydrogen-bond acceptors (Lipinski definition) is 3. The number of rotatable bonds is 5. The Morgan fingerprint density at radius 1 is 1.09 bits per heavy atom. The lowest BCUT2D eigenvalue weighted by Gasteiger charge is -2.37. The molecule has 3 aliphatic rings. The maximum Gasteiger partial charge on any atom is 0.243 e. The summed E-state index contributed by atoms with van der Waals surface area (Å²) in [7, 11) is 0. The largest absolute Gasteiger partial charge is 0.352 e. The highest BCUT2D eigenvalue weighted by atomic mass is 35.5. The number of nitrogens with two attached hydrogens (primary N) is 1. The molecule has 132 valence electrons. The van der Waals surface area contributed by atoms with Crippen molar-refractivity contribution < 1.29 is 9.59 Å². The van der Waals surface area contributed by atoms with Crippen LogP contribution in [0.3, 0.4) is 0 Å². The number of carbonyl (C=O) groups excluding carboxylic acids is 2. The van der Waals surface area contributed by atoms with Crippen LogP contribution in [0.1, 0.15) is 64.2 Å². The van der Waals surface area contributed by atoms with Crippen LogP contribution in [0.4, 0.5) is 0 Å². The SMILES string of the molecule is Cl.NCC1(CC(=O)N2CCCC2C(=O)NC2CC2)CCCCC1. The highest BCUT2D eigenvalue weighted by molar-refractivity contribution is 5.88. The molecule has 2 aliphatic carbocycles. The van der Waals surface area contributed by atoms with Gasteiger partial charge in [-0.15, -0.1) is 12.4 Å². The molecule has 2 amide bonds. The maximum absolute atomic E-state index is 12.8. The standard InChI is InChI=1S/C17H29N3O2.ClH/c18-12-17(8-2-1-3-9-17)11-15(21)20-10-4-5-14(20)16(22)19-13-6-7-13;/h13-14H,1-12,18H2,(H,19,22);1H. The van der Waals surface area contributed by atoms with Crippen molar-refractivity contribution in [3.8, 4) is 0 Å². The minimum absolute atomic E-state index is 0. The van der Waals surface area contributed by atoms with Crippen molar-refractivity contribution in [1.82, 2.24) is 10.2 Å². The molecule has 1 heterocycles. The van der Waals surface area contributed by atoms with Crippen molar-refractivity contribution in [3.63, 3.8) is 0 Å². The summed E-state index contributed by atoms with van der Waals surface area (Å²) in [6.07, 6.45) is 10.2. The van der Waals surface area contributed by atoms with Crippen LogP contribution >= 0.6 is 12.4 Å². The zero-order valence-corrected chi connectivity index (χ0v) is 14.7. The summed E-state index contributed by atoms with van der Waals surface area (Å²) < 4.78 is 0. The summed E-state index contributed by atoms with van der Waals surface area (Å²) in [5, 5.41) is 3.05. The number of nitrogens with one attached hydrogen (secondary N) is 1.